The number of nitrogens with one attached hydrogen (secondary N) is 1. The molecule has 2 nitrogen and oxygen atoms in total. The molecule has 1 aliphatic heterocycles. The first-order valence-electron chi connectivity index (χ1n) is 3.93. The van der Waals surface area contributed by atoms with E-state index in [1.54, 1.807) is 11.3 Å². The topological polar surface area (TPSA) is 38.0 Å². The van der Waals surface area contributed by atoms with Gasteiger partial charge >= 0.3 is 0 Å². The van der Waals surface area contributed by atoms with E-state index in [-0.39, 0.29) is 0 Å². The molecule has 0 unspecified atom stereocenters. The summed E-state index contributed by atoms with van der Waals surface area (Å²) in [6.07, 6.45) is 2.51. The van der Waals surface area contributed by atoms with Gasteiger partial charge in [0.25, 0.3) is 0 Å². The van der Waals surface area contributed by atoms with Crippen LogP contribution in [-0.4, -0.2) is 6.54 Å². The lowest BCUT2D eigenvalue weighted by Gasteiger charge is -2.08. The lowest BCUT2D eigenvalue weighted by Crippen LogP contribution is -2.13. The van der Waals surface area contributed by atoms with Gasteiger partial charge in [-0.25, -0.2) is 0 Å². The molecule has 60 valence electrons. The molecule has 2 heterocycles. The maximum absolute atomic E-state index is 5.79. The van der Waals surface area contributed by atoms with Crippen LogP contribution in [0.15, 0.2) is 10.8 Å². The van der Waals surface area contributed by atoms with E-state index in [0.717, 1.165) is 12.2 Å². The SMILES string of the molecule is Nc1cscc1[C@H]1CCCN1. The molecule has 11 heavy (non-hydrogen) atoms. The largest absolute Gasteiger partial charge is 0.398 e. The Kier molecular flexibility index (Phi) is 1.84. The van der Waals surface area contributed by atoms with Gasteiger partial charge in [-0.2, -0.15) is 0 Å². The number of anilines is 1. The molecule has 3 N–H and O–H groups in total. The van der Waals surface area contributed by atoms with Gasteiger partial charge in [-0.1, -0.05) is 0 Å². The monoisotopic (exact) mass is 168 g/mol. The second-order valence-corrected chi connectivity index (χ2v) is 3.67. The van der Waals surface area contributed by atoms with E-state index >= 15 is 0 Å². The summed E-state index contributed by atoms with van der Waals surface area (Å²) >= 11 is 1.69. The van der Waals surface area contributed by atoms with Gasteiger partial charge in [0.2, 0.25) is 0 Å². The summed E-state index contributed by atoms with van der Waals surface area (Å²) < 4.78 is 0. The lowest BCUT2D eigenvalue weighted by atomic mass is 10.1. The average Bonchev–Trinajstić information content (AvgIpc) is 2.55. The normalized spacial score (nSPS) is 24.2. The molecule has 2 rings (SSSR count). The zero-order valence-corrected chi connectivity index (χ0v) is 7.16. The highest BCUT2D eigenvalue weighted by Gasteiger charge is 2.18. The molecule has 0 aromatic carbocycles. The van der Waals surface area contributed by atoms with Crippen molar-refractivity contribution in [1.29, 1.82) is 0 Å². The third kappa shape index (κ3) is 1.26. The first kappa shape index (κ1) is 7.13. The summed E-state index contributed by atoms with van der Waals surface area (Å²) in [4.78, 5) is 0. The molecule has 1 aromatic heterocycles. The minimum Gasteiger partial charge on any atom is -0.398 e. The van der Waals surface area contributed by atoms with Crippen LogP contribution in [0.3, 0.4) is 0 Å². The summed E-state index contributed by atoms with van der Waals surface area (Å²) in [5, 5.41) is 7.59. The van der Waals surface area contributed by atoms with Gasteiger partial charge in [0.1, 0.15) is 0 Å². The van der Waals surface area contributed by atoms with Crippen molar-refractivity contribution < 1.29 is 0 Å². The van der Waals surface area contributed by atoms with Crippen molar-refractivity contribution >= 4 is 17.0 Å². The maximum atomic E-state index is 5.79. The Hall–Kier alpha value is -0.540. The predicted octanol–water partition coefficient (Wildman–Crippen LogP) is 1.75. The third-order valence-electron chi connectivity index (χ3n) is 2.16. The number of hydrogen-bond acceptors (Lipinski definition) is 3. The molecular weight excluding hydrogens is 156 g/mol. The Morgan fingerprint density at radius 3 is 3.00 bits per heavy atom. The summed E-state index contributed by atoms with van der Waals surface area (Å²) in [5.74, 6) is 0. The summed E-state index contributed by atoms with van der Waals surface area (Å²) in [7, 11) is 0. The molecule has 1 atom stereocenters. The highest BCUT2D eigenvalue weighted by molar-refractivity contribution is 7.08. The Labute approximate surface area is 70.4 Å². The molecule has 3 heteroatoms. The lowest BCUT2D eigenvalue weighted by molar-refractivity contribution is 0.652. The fourth-order valence-corrected chi connectivity index (χ4v) is 2.35. The highest BCUT2D eigenvalue weighted by Crippen LogP contribution is 2.29. The van der Waals surface area contributed by atoms with Gasteiger partial charge in [-0.3, -0.25) is 0 Å². The van der Waals surface area contributed by atoms with Crippen LogP contribution in [0.1, 0.15) is 24.4 Å². The molecule has 0 spiro atoms. The second kappa shape index (κ2) is 2.83. The number of hydrogen-bond donors (Lipinski definition) is 2. The molecule has 1 aromatic rings. The molecule has 1 saturated heterocycles. The van der Waals surface area contributed by atoms with Crippen LogP contribution in [-0.2, 0) is 0 Å². The highest BCUT2D eigenvalue weighted by atomic mass is 32.1. The smallest absolute Gasteiger partial charge is 0.0471 e. The van der Waals surface area contributed by atoms with Crippen molar-refractivity contribution in [2.45, 2.75) is 18.9 Å². The summed E-state index contributed by atoms with van der Waals surface area (Å²) in [6.45, 7) is 1.14. The van der Waals surface area contributed by atoms with Crippen molar-refractivity contribution in [3.63, 3.8) is 0 Å². The Balaban J connectivity index is 2.21. The van der Waals surface area contributed by atoms with E-state index in [1.807, 2.05) is 5.38 Å². The van der Waals surface area contributed by atoms with Crippen LogP contribution in [0.4, 0.5) is 5.69 Å². The molecule has 1 fully saturated rings. The molecule has 0 amide bonds. The standard InChI is InChI=1S/C8H12N2S/c9-7-5-11-4-6(7)8-2-1-3-10-8/h4-5,8,10H,1-3,9H2/t8-/m1/s1. The van der Waals surface area contributed by atoms with Gasteiger partial charge in [-0.15, -0.1) is 11.3 Å². The number of thiophene rings is 1. The van der Waals surface area contributed by atoms with Gasteiger partial charge in [0, 0.05) is 22.7 Å². The summed E-state index contributed by atoms with van der Waals surface area (Å²) in [6, 6.07) is 0.529. The van der Waals surface area contributed by atoms with Crippen molar-refractivity contribution in [1.82, 2.24) is 5.32 Å². The zero-order valence-electron chi connectivity index (χ0n) is 6.34. The van der Waals surface area contributed by atoms with E-state index < -0.39 is 0 Å². The average molecular weight is 168 g/mol. The summed E-state index contributed by atoms with van der Waals surface area (Å²) in [5.41, 5.74) is 8.04. The quantitative estimate of drug-likeness (QED) is 0.670. The first-order chi connectivity index (χ1) is 5.38. The molecule has 0 bridgehead atoms. The fraction of sp³-hybridized carbons (Fsp3) is 0.500. The van der Waals surface area contributed by atoms with Crippen LogP contribution in [0, 0.1) is 0 Å². The zero-order chi connectivity index (χ0) is 7.68. The Morgan fingerprint density at radius 2 is 2.45 bits per heavy atom. The van der Waals surface area contributed by atoms with Crippen LogP contribution < -0.4 is 11.1 Å². The number of rotatable bonds is 1. The van der Waals surface area contributed by atoms with Crippen LogP contribution in [0.5, 0.6) is 0 Å². The number of nitrogens with two attached hydrogens (primary N) is 1. The van der Waals surface area contributed by atoms with Gasteiger partial charge in [-0.05, 0) is 24.8 Å². The fourth-order valence-electron chi connectivity index (χ4n) is 1.55. The third-order valence-corrected chi connectivity index (χ3v) is 2.94. The van der Waals surface area contributed by atoms with Gasteiger partial charge in [0.15, 0.2) is 0 Å². The van der Waals surface area contributed by atoms with Crippen LogP contribution in [0.2, 0.25) is 0 Å². The van der Waals surface area contributed by atoms with Crippen molar-refractivity contribution in [2.24, 2.45) is 0 Å². The van der Waals surface area contributed by atoms with Crippen molar-refractivity contribution in [3.8, 4) is 0 Å². The van der Waals surface area contributed by atoms with E-state index in [2.05, 4.69) is 10.7 Å². The van der Waals surface area contributed by atoms with E-state index in [1.165, 1.54) is 18.4 Å². The van der Waals surface area contributed by atoms with Gasteiger partial charge < -0.3 is 11.1 Å². The predicted molar refractivity (Wildman–Crippen MR) is 48.7 cm³/mol. The van der Waals surface area contributed by atoms with E-state index in [4.69, 9.17) is 5.73 Å². The minimum atomic E-state index is 0.529. The van der Waals surface area contributed by atoms with Gasteiger partial charge in [0.05, 0.1) is 0 Å². The second-order valence-electron chi connectivity index (χ2n) is 2.93. The molecule has 0 aliphatic carbocycles. The first-order valence-corrected chi connectivity index (χ1v) is 4.87. The maximum Gasteiger partial charge on any atom is 0.0471 e. The van der Waals surface area contributed by atoms with Crippen molar-refractivity contribution in [2.75, 3.05) is 12.3 Å². The molecule has 0 radical (unpaired) electrons. The Morgan fingerprint density at radius 1 is 1.55 bits per heavy atom. The van der Waals surface area contributed by atoms with Crippen LogP contribution >= 0.6 is 11.3 Å². The van der Waals surface area contributed by atoms with E-state index in [9.17, 15) is 0 Å². The number of nitrogen functional groups attached to an aromatic ring is 1. The molecule has 1 aliphatic rings. The molecular formula is C8H12N2S. The minimum absolute atomic E-state index is 0.529. The molecule has 0 saturated carbocycles. The van der Waals surface area contributed by atoms with E-state index in [0.29, 0.717) is 6.04 Å². The Bertz CT molecular complexity index is 238. The van der Waals surface area contributed by atoms with Crippen molar-refractivity contribution in [3.05, 3.63) is 16.3 Å². The van der Waals surface area contributed by atoms with Crippen LogP contribution in [0.25, 0.3) is 0 Å².